The molecule has 16 heavy (non-hydrogen) atoms. The van der Waals surface area contributed by atoms with Crippen LogP contribution in [0.1, 0.15) is 11.6 Å². The minimum Gasteiger partial charge on any atom is -0.544 e. The third-order valence-electron chi connectivity index (χ3n) is 1.99. The first-order chi connectivity index (χ1) is 6.92. The van der Waals surface area contributed by atoms with Crippen LogP contribution in [0.2, 0.25) is 19.6 Å². The zero-order chi connectivity index (χ0) is 11.5. The van der Waals surface area contributed by atoms with Crippen LogP contribution in [0.4, 0.5) is 0 Å². The van der Waals surface area contributed by atoms with E-state index in [0.717, 1.165) is 11.3 Å². The Bertz CT molecular complexity index is 311. The fraction of sp³-hybridized carbons (Fsp3) is 0.455. The zero-order valence-electron chi connectivity index (χ0n) is 10.1. The molecule has 0 saturated heterocycles. The lowest BCUT2D eigenvalue weighted by atomic mass is 10.1. The molecule has 0 amide bonds. The molecule has 0 heterocycles. The highest BCUT2D eigenvalue weighted by atomic mass is 35.5. The molecule has 0 spiro atoms. The first kappa shape index (κ1) is 15.4. The first-order valence-electron chi connectivity index (χ1n) is 5.17. The van der Waals surface area contributed by atoms with Crippen LogP contribution in [0, 0.1) is 0 Å². The second kappa shape index (κ2) is 6.25. The summed E-state index contributed by atoms with van der Waals surface area (Å²) in [5.74, 6) is 0.919. The molecule has 0 unspecified atom stereocenters. The summed E-state index contributed by atoms with van der Waals surface area (Å²) < 4.78 is 5.84. The summed E-state index contributed by atoms with van der Waals surface area (Å²) >= 11 is 0. The molecule has 1 aromatic carbocycles. The Hall–Kier alpha value is -0.553. The SMILES string of the molecule is C[Si](C)(C)Oc1ccc([C@@H](N)CN)cc1.Cl. The average Bonchev–Trinajstić information content (AvgIpc) is 2.15. The molecule has 0 bridgehead atoms. The summed E-state index contributed by atoms with van der Waals surface area (Å²) in [6.45, 7) is 6.94. The van der Waals surface area contributed by atoms with E-state index in [1.54, 1.807) is 0 Å². The van der Waals surface area contributed by atoms with Crippen molar-refractivity contribution in [2.45, 2.75) is 25.7 Å². The Morgan fingerprint density at radius 2 is 1.69 bits per heavy atom. The Morgan fingerprint density at radius 1 is 1.19 bits per heavy atom. The van der Waals surface area contributed by atoms with Gasteiger partial charge in [-0.15, -0.1) is 12.4 Å². The summed E-state index contributed by atoms with van der Waals surface area (Å²) in [6.07, 6.45) is 0. The quantitative estimate of drug-likeness (QED) is 0.817. The Balaban J connectivity index is 0.00000225. The Kier molecular flexibility index (Phi) is 6.03. The Labute approximate surface area is 105 Å². The van der Waals surface area contributed by atoms with Crippen LogP contribution in [-0.2, 0) is 0 Å². The van der Waals surface area contributed by atoms with E-state index in [4.69, 9.17) is 15.9 Å². The van der Waals surface area contributed by atoms with Crippen molar-refractivity contribution in [2.75, 3.05) is 6.54 Å². The van der Waals surface area contributed by atoms with Crippen LogP contribution in [-0.4, -0.2) is 14.9 Å². The number of rotatable bonds is 4. The predicted octanol–water partition coefficient (Wildman–Crippen LogP) is 2.28. The number of halogens is 1. The van der Waals surface area contributed by atoms with Gasteiger partial charge in [0.1, 0.15) is 5.75 Å². The summed E-state index contributed by atoms with van der Waals surface area (Å²) in [7, 11) is -1.51. The van der Waals surface area contributed by atoms with Gasteiger partial charge in [-0.3, -0.25) is 0 Å². The maximum absolute atomic E-state index is 5.84. The second-order valence-corrected chi connectivity index (χ2v) is 9.05. The van der Waals surface area contributed by atoms with Crippen LogP contribution in [0.3, 0.4) is 0 Å². The third-order valence-corrected chi connectivity index (χ3v) is 2.83. The third kappa shape index (κ3) is 4.98. The molecule has 0 aliphatic heterocycles. The van der Waals surface area contributed by atoms with Crippen LogP contribution in [0.5, 0.6) is 5.75 Å². The van der Waals surface area contributed by atoms with Crippen LogP contribution in [0.15, 0.2) is 24.3 Å². The van der Waals surface area contributed by atoms with E-state index in [0.29, 0.717) is 6.54 Å². The van der Waals surface area contributed by atoms with Gasteiger partial charge in [-0.25, -0.2) is 0 Å². The number of benzene rings is 1. The molecule has 0 aliphatic rings. The molecular formula is C11H21ClN2OSi. The highest BCUT2D eigenvalue weighted by Crippen LogP contribution is 2.18. The van der Waals surface area contributed by atoms with Gasteiger partial charge in [-0.1, -0.05) is 12.1 Å². The van der Waals surface area contributed by atoms with Crippen molar-refractivity contribution < 1.29 is 4.43 Å². The molecule has 4 N–H and O–H groups in total. The smallest absolute Gasteiger partial charge is 0.242 e. The van der Waals surface area contributed by atoms with Gasteiger partial charge in [0.05, 0.1) is 0 Å². The average molecular weight is 261 g/mol. The molecule has 0 fully saturated rings. The molecule has 0 saturated carbocycles. The van der Waals surface area contributed by atoms with E-state index in [9.17, 15) is 0 Å². The molecule has 5 heteroatoms. The molecule has 1 rings (SSSR count). The van der Waals surface area contributed by atoms with Crippen molar-refractivity contribution in [1.82, 2.24) is 0 Å². The topological polar surface area (TPSA) is 61.3 Å². The van der Waals surface area contributed by atoms with E-state index in [1.165, 1.54) is 0 Å². The van der Waals surface area contributed by atoms with Gasteiger partial charge in [-0.2, -0.15) is 0 Å². The van der Waals surface area contributed by atoms with Crippen LogP contribution < -0.4 is 15.9 Å². The minimum atomic E-state index is -1.51. The largest absolute Gasteiger partial charge is 0.544 e. The van der Waals surface area contributed by atoms with E-state index < -0.39 is 8.32 Å². The summed E-state index contributed by atoms with van der Waals surface area (Å²) in [5.41, 5.74) is 12.4. The molecule has 1 aromatic rings. The van der Waals surface area contributed by atoms with Gasteiger partial charge in [0, 0.05) is 12.6 Å². The normalized spacial score (nSPS) is 12.8. The van der Waals surface area contributed by atoms with Crippen molar-refractivity contribution in [3.63, 3.8) is 0 Å². The van der Waals surface area contributed by atoms with Crippen molar-refractivity contribution in [2.24, 2.45) is 11.5 Å². The fourth-order valence-electron chi connectivity index (χ4n) is 1.27. The summed E-state index contributed by atoms with van der Waals surface area (Å²) in [6, 6.07) is 7.80. The van der Waals surface area contributed by atoms with Crippen molar-refractivity contribution in [3.8, 4) is 5.75 Å². The lowest BCUT2D eigenvalue weighted by molar-refractivity contribution is 0.557. The highest BCUT2D eigenvalue weighted by molar-refractivity contribution is 6.70. The summed E-state index contributed by atoms with van der Waals surface area (Å²) in [5, 5.41) is 0. The number of hydrogen-bond acceptors (Lipinski definition) is 3. The maximum atomic E-state index is 5.84. The minimum absolute atomic E-state index is 0. The molecule has 3 nitrogen and oxygen atoms in total. The second-order valence-electron chi connectivity index (χ2n) is 4.63. The lowest BCUT2D eigenvalue weighted by Crippen LogP contribution is -2.29. The van der Waals surface area contributed by atoms with Gasteiger partial charge in [0.15, 0.2) is 0 Å². The zero-order valence-corrected chi connectivity index (χ0v) is 11.9. The van der Waals surface area contributed by atoms with Gasteiger partial charge in [-0.05, 0) is 37.3 Å². The van der Waals surface area contributed by atoms with E-state index in [1.807, 2.05) is 24.3 Å². The lowest BCUT2D eigenvalue weighted by Gasteiger charge is -2.19. The fourth-order valence-corrected chi connectivity index (χ4v) is 2.12. The van der Waals surface area contributed by atoms with Gasteiger partial charge >= 0.3 is 0 Å². The molecular weight excluding hydrogens is 240 g/mol. The van der Waals surface area contributed by atoms with E-state index in [-0.39, 0.29) is 18.4 Å². The standard InChI is InChI=1S/C11H20N2OSi.ClH/c1-15(2,3)14-10-6-4-9(5-7-10)11(13)8-12;/h4-7,11H,8,12-13H2,1-3H3;1H/t11-;/m0./s1. The van der Waals surface area contributed by atoms with Gasteiger partial charge in [0.25, 0.3) is 0 Å². The predicted molar refractivity (Wildman–Crippen MR) is 73.6 cm³/mol. The van der Waals surface area contributed by atoms with E-state index in [2.05, 4.69) is 19.6 Å². The Morgan fingerprint density at radius 3 is 2.06 bits per heavy atom. The monoisotopic (exact) mass is 260 g/mol. The first-order valence-corrected chi connectivity index (χ1v) is 8.58. The van der Waals surface area contributed by atoms with Crippen LogP contribution >= 0.6 is 12.4 Å². The van der Waals surface area contributed by atoms with E-state index >= 15 is 0 Å². The number of hydrogen-bond donors (Lipinski definition) is 2. The van der Waals surface area contributed by atoms with Crippen molar-refractivity contribution in [1.29, 1.82) is 0 Å². The maximum Gasteiger partial charge on any atom is 0.242 e. The summed E-state index contributed by atoms with van der Waals surface area (Å²) in [4.78, 5) is 0. The molecule has 1 atom stereocenters. The van der Waals surface area contributed by atoms with Crippen molar-refractivity contribution in [3.05, 3.63) is 29.8 Å². The molecule has 0 aromatic heterocycles. The van der Waals surface area contributed by atoms with Gasteiger partial charge < -0.3 is 15.9 Å². The molecule has 0 aliphatic carbocycles. The molecule has 0 radical (unpaired) electrons. The van der Waals surface area contributed by atoms with Crippen molar-refractivity contribution >= 4 is 20.7 Å². The molecule has 92 valence electrons. The highest BCUT2D eigenvalue weighted by Gasteiger charge is 2.16. The van der Waals surface area contributed by atoms with Crippen LogP contribution in [0.25, 0.3) is 0 Å². The number of nitrogens with two attached hydrogens (primary N) is 2. The van der Waals surface area contributed by atoms with Gasteiger partial charge in [0.2, 0.25) is 8.32 Å².